The van der Waals surface area contributed by atoms with Gasteiger partial charge < -0.3 is 15.0 Å². The summed E-state index contributed by atoms with van der Waals surface area (Å²) in [6.07, 6.45) is 0.278. The topological polar surface area (TPSA) is 58.6 Å². The van der Waals surface area contributed by atoms with Crippen molar-refractivity contribution in [1.29, 1.82) is 0 Å². The van der Waals surface area contributed by atoms with Crippen LogP contribution in [0.15, 0.2) is 66.7 Å². The van der Waals surface area contributed by atoms with Crippen molar-refractivity contribution >= 4 is 23.4 Å². The number of rotatable bonds is 9. The quantitative estimate of drug-likeness (QED) is 0.474. The number of nitrogens with one attached hydrogen (secondary N) is 1. The van der Waals surface area contributed by atoms with Crippen LogP contribution in [0, 0.1) is 19.7 Å². The van der Waals surface area contributed by atoms with E-state index in [1.54, 1.807) is 30.3 Å². The maximum absolute atomic E-state index is 14.5. The van der Waals surface area contributed by atoms with Gasteiger partial charge in [-0.25, -0.2) is 4.39 Å². The van der Waals surface area contributed by atoms with Gasteiger partial charge in [0.2, 0.25) is 5.91 Å². The Bertz CT molecular complexity index is 1130. The van der Waals surface area contributed by atoms with Crippen molar-refractivity contribution in [2.45, 2.75) is 32.9 Å². The monoisotopic (exact) mass is 482 g/mol. The van der Waals surface area contributed by atoms with Gasteiger partial charge in [-0.15, -0.1) is 0 Å². The molecule has 0 radical (unpaired) electrons. The Hall–Kier alpha value is -3.38. The van der Waals surface area contributed by atoms with Gasteiger partial charge in [0.25, 0.3) is 5.91 Å². The lowest BCUT2D eigenvalue weighted by molar-refractivity contribution is -0.142. The summed E-state index contributed by atoms with van der Waals surface area (Å²) in [5.41, 5.74) is 2.86. The van der Waals surface area contributed by atoms with E-state index in [0.29, 0.717) is 16.3 Å². The van der Waals surface area contributed by atoms with E-state index in [1.807, 2.05) is 44.2 Å². The van der Waals surface area contributed by atoms with Crippen LogP contribution in [0.4, 0.5) is 4.39 Å². The largest absolute Gasteiger partial charge is 0.484 e. The van der Waals surface area contributed by atoms with E-state index in [4.69, 9.17) is 16.3 Å². The molecular weight excluding hydrogens is 455 g/mol. The molecule has 178 valence electrons. The average Bonchev–Trinajstić information content (AvgIpc) is 2.84. The van der Waals surface area contributed by atoms with E-state index in [1.165, 1.54) is 18.0 Å². The molecule has 0 aliphatic carbocycles. The number of halogens is 2. The Morgan fingerprint density at radius 1 is 1.03 bits per heavy atom. The van der Waals surface area contributed by atoms with Crippen molar-refractivity contribution in [3.8, 4) is 5.75 Å². The second-order valence-electron chi connectivity index (χ2n) is 8.09. The summed E-state index contributed by atoms with van der Waals surface area (Å²) in [7, 11) is 1.52. The van der Waals surface area contributed by atoms with Crippen LogP contribution in [0.3, 0.4) is 0 Å². The minimum atomic E-state index is -0.850. The molecule has 0 spiro atoms. The first kappa shape index (κ1) is 25.2. The maximum Gasteiger partial charge on any atom is 0.261 e. The highest BCUT2D eigenvalue weighted by Gasteiger charge is 2.30. The Morgan fingerprint density at radius 3 is 2.26 bits per heavy atom. The van der Waals surface area contributed by atoms with Crippen LogP contribution in [0.1, 0.15) is 22.3 Å². The fourth-order valence-electron chi connectivity index (χ4n) is 3.75. The van der Waals surface area contributed by atoms with Crippen molar-refractivity contribution in [3.05, 3.63) is 99.8 Å². The highest BCUT2D eigenvalue weighted by Crippen LogP contribution is 2.26. The third-order valence-electron chi connectivity index (χ3n) is 5.59. The predicted molar refractivity (Wildman–Crippen MR) is 131 cm³/mol. The first-order valence-electron chi connectivity index (χ1n) is 11.0. The van der Waals surface area contributed by atoms with Crippen LogP contribution >= 0.6 is 11.6 Å². The van der Waals surface area contributed by atoms with Gasteiger partial charge in [0, 0.05) is 30.6 Å². The summed E-state index contributed by atoms with van der Waals surface area (Å²) >= 11 is 6.23. The second-order valence-corrected chi connectivity index (χ2v) is 8.47. The molecule has 0 bridgehead atoms. The van der Waals surface area contributed by atoms with E-state index in [-0.39, 0.29) is 25.5 Å². The van der Waals surface area contributed by atoms with Crippen LogP contribution in [-0.2, 0) is 22.6 Å². The third-order valence-corrected chi connectivity index (χ3v) is 6.18. The summed E-state index contributed by atoms with van der Waals surface area (Å²) < 4.78 is 20.3. The highest BCUT2D eigenvalue weighted by molar-refractivity contribution is 6.32. The van der Waals surface area contributed by atoms with E-state index in [2.05, 4.69) is 5.32 Å². The lowest BCUT2D eigenvalue weighted by atomic mass is 10.0. The minimum Gasteiger partial charge on any atom is -0.484 e. The van der Waals surface area contributed by atoms with Crippen molar-refractivity contribution in [2.24, 2.45) is 0 Å². The molecule has 0 heterocycles. The lowest BCUT2D eigenvalue weighted by Gasteiger charge is -2.31. The average molecular weight is 483 g/mol. The SMILES string of the molecule is CNC(=O)[C@H](Cc1ccccc1)N(Cc1ccccc1F)C(=O)COc1cc(C)c(Cl)c(C)c1. The van der Waals surface area contributed by atoms with Crippen molar-refractivity contribution in [2.75, 3.05) is 13.7 Å². The van der Waals surface area contributed by atoms with Crippen LogP contribution in [0.2, 0.25) is 5.02 Å². The van der Waals surface area contributed by atoms with Crippen LogP contribution in [-0.4, -0.2) is 36.4 Å². The van der Waals surface area contributed by atoms with Crippen molar-refractivity contribution in [1.82, 2.24) is 10.2 Å². The number of hydrogen-bond donors (Lipinski definition) is 1. The van der Waals surface area contributed by atoms with Gasteiger partial charge in [0.05, 0.1) is 0 Å². The Labute approximate surface area is 204 Å². The van der Waals surface area contributed by atoms with E-state index >= 15 is 0 Å². The molecule has 0 unspecified atom stereocenters. The van der Waals surface area contributed by atoms with Gasteiger partial charge >= 0.3 is 0 Å². The fraction of sp³-hybridized carbons (Fsp3) is 0.259. The molecule has 3 aromatic rings. The molecule has 0 aromatic heterocycles. The number of likely N-dealkylation sites (N-methyl/N-ethyl adjacent to an activating group) is 1. The molecule has 0 saturated heterocycles. The molecule has 3 rings (SSSR count). The Morgan fingerprint density at radius 2 is 1.65 bits per heavy atom. The Balaban J connectivity index is 1.90. The van der Waals surface area contributed by atoms with Gasteiger partial charge in [0.1, 0.15) is 17.6 Å². The summed E-state index contributed by atoms with van der Waals surface area (Å²) in [4.78, 5) is 27.7. The third kappa shape index (κ3) is 6.35. The summed E-state index contributed by atoms with van der Waals surface area (Å²) in [5.74, 6) is -0.719. The summed E-state index contributed by atoms with van der Waals surface area (Å²) in [6, 6.07) is 18.3. The summed E-state index contributed by atoms with van der Waals surface area (Å²) in [5, 5.41) is 3.28. The molecule has 2 amide bonds. The summed E-state index contributed by atoms with van der Waals surface area (Å²) in [6.45, 7) is 3.33. The highest BCUT2D eigenvalue weighted by atomic mass is 35.5. The number of benzene rings is 3. The zero-order valence-corrected chi connectivity index (χ0v) is 20.2. The zero-order valence-electron chi connectivity index (χ0n) is 19.5. The number of hydrogen-bond acceptors (Lipinski definition) is 3. The molecule has 3 aromatic carbocycles. The molecule has 1 atom stereocenters. The fourth-order valence-corrected chi connectivity index (χ4v) is 3.86. The van der Waals surface area contributed by atoms with Crippen LogP contribution in [0.25, 0.3) is 0 Å². The van der Waals surface area contributed by atoms with Gasteiger partial charge in [-0.3, -0.25) is 9.59 Å². The van der Waals surface area contributed by atoms with Crippen LogP contribution in [0.5, 0.6) is 5.75 Å². The number of ether oxygens (including phenoxy) is 1. The molecule has 0 aliphatic rings. The van der Waals surface area contributed by atoms with Gasteiger partial charge in [-0.2, -0.15) is 0 Å². The first-order valence-corrected chi connectivity index (χ1v) is 11.4. The molecule has 0 aliphatic heterocycles. The molecule has 0 fully saturated rings. The van der Waals surface area contributed by atoms with E-state index < -0.39 is 17.8 Å². The first-order chi connectivity index (χ1) is 16.3. The number of aryl methyl sites for hydroxylation is 2. The van der Waals surface area contributed by atoms with E-state index in [0.717, 1.165) is 16.7 Å². The van der Waals surface area contributed by atoms with Gasteiger partial charge in [-0.05, 0) is 48.7 Å². The second kappa shape index (κ2) is 11.7. The normalized spacial score (nSPS) is 11.6. The van der Waals surface area contributed by atoms with Crippen molar-refractivity contribution in [3.63, 3.8) is 0 Å². The zero-order chi connectivity index (χ0) is 24.7. The number of amides is 2. The number of carbonyl (C=O) groups excluding carboxylic acids is 2. The maximum atomic E-state index is 14.5. The minimum absolute atomic E-state index is 0.0710. The van der Waals surface area contributed by atoms with Crippen molar-refractivity contribution < 1.29 is 18.7 Å². The standard InChI is InChI=1S/C27H28ClFN2O3/c1-18-13-22(14-19(2)26(18)28)34-17-25(32)31(16-21-11-7-8-12-23(21)29)24(27(33)30-3)15-20-9-5-4-6-10-20/h4-14,24H,15-17H2,1-3H3,(H,30,33)/t24-/m0/s1. The molecule has 7 heteroatoms. The number of carbonyl (C=O) groups is 2. The number of nitrogens with zero attached hydrogens (tertiary/aromatic N) is 1. The Kier molecular flexibility index (Phi) is 8.66. The molecule has 34 heavy (non-hydrogen) atoms. The molecule has 0 saturated carbocycles. The lowest BCUT2D eigenvalue weighted by Crippen LogP contribution is -2.51. The van der Waals surface area contributed by atoms with Gasteiger partial charge in [0.15, 0.2) is 6.61 Å². The smallest absolute Gasteiger partial charge is 0.261 e. The molecule has 5 nitrogen and oxygen atoms in total. The molecular formula is C27H28ClFN2O3. The van der Waals surface area contributed by atoms with Gasteiger partial charge in [-0.1, -0.05) is 60.1 Å². The van der Waals surface area contributed by atoms with Crippen LogP contribution < -0.4 is 10.1 Å². The molecule has 1 N–H and O–H groups in total. The predicted octanol–water partition coefficient (Wildman–Crippen LogP) is 4.86. The van der Waals surface area contributed by atoms with E-state index in [9.17, 15) is 14.0 Å².